The number of benzene rings is 1. The van der Waals surface area contributed by atoms with Gasteiger partial charge in [-0.2, -0.15) is 0 Å². The lowest BCUT2D eigenvalue weighted by Crippen LogP contribution is -2.33. The molecule has 0 radical (unpaired) electrons. The van der Waals surface area contributed by atoms with E-state index in [1.54, 1.807) is 44.7 Å². The van der Waals surface area contributed by atoms with Crippen molar-refractivity contribution >= 4 is 23.7 Å². The van der Waals surface area contributed by atoms with Gasteiger partial charge in [-0.15, -0.1) is 0 Å². The molecule has 1 atom stereocenters. The number of carbonyl (C=O) groups excluding carboxylic acids is 2. The van der Waals surface area contributed by atoms with E-state index in [4.69, 9.17) is 9.47 Å². The highest BCUT2D eigenvalue weighted by Gasteiger charge is 2.37. The molecule has 4 rings (SSSR count). The molecule has 1 aromatic carbocycles. The molecule has 38 heavy (non-hydrogen) atoms. The molecule has 0 amide bonds. The summed E-state index contributed by atoms with van der Waals surface area (Å²) >= 11 is 0. The van der Waals surface area contributed by atoms with Crippen molar-refractivity contribution in [3.05, 3.63) is 113 Å². The number of rotatable bonds is 7. The highest BCUT2D eigenvalue weighted by atomic mass is 16.5. The fourth-order valence-corrected chi connectivity index (χ4v) is 3.96. The number of hydrogen-bond donors (Lipinski definition) is 1. The molecule has 0 bridgehead atoms. The molecule has 8 heteroatoms. The number of nitrogens with zero attached hydrogens (tertiary/aromatic N) is 3. The summed E-state index contributed by atoms with van der Waals surface area (Å²) in [5.41, 5.74) is 3.87. The molecule has 8 nitrogen and oxygen atoms in total. The van der Waals surface area contributed by atoms with Gasteiger partial charge in [0.25, 0.3) is 0 Å². The minimum Gasteiger partial charge on any atom is -0.463 e. The topological polar surface area (TPSA) is 103 Å². The standard InChI is InChI=1S/C30H26N4O4/c1-3-37-30(36)27-25(14-13-22-9-5-4-6-10-22)26(21(2)34-28(27)24-12-7-15-31-19-24)29(35)38-16-8-11-23-17-32-20-33-18-23/h4-7,9-10,12-15,17-20,25,34H,3,16H2,1-2H3/b14-13+. The van der Waals surface area contributed by atoms with E-state index in [0.29, 0.717) is 22.5 Å². The summed E-state index contributed by atoms with van der Waals surface area (Å²) in [7, 11) is 0. The molecule has 0 saturated carbocycles. The lowest BCUT2D eigenvalue weighted by atomic mass is 9.83. The van der Waals surface area contributed by atoms with Gasteiger partial charge < -0.3 is 14.8 Å². The van der Waals surface area contributed by atoms with Gasteiger partial charge in [-0.3, -0.25) is 4.98 Å². The Hall–Kier alpha value is -5.03. The molecule has 1 N–H and O–H groups in total. The second kappa shape index (κ2) is 12.8. The van der Waals surface area contributed by atoms with Crippen LogP contribution in [0.1, 0.15) is 30.5 Å². The molecule has 3 aromatic rings. The molecule has 1 aliphatic heterocycles. The van der Waals surface area contributed by atoms with Gasteiger partial charge in [0.05, 0.1) is 29.0 Å². The second-order valence-electron chi connectivity index (χ2n) is 8.17. The summed E-state index contributed by atoms with van der Waals surface area (Å²) < 4.78 is 10.9. The van der Waals surface area contributed by atoms with Crippen molar-refractivity contribution in [2.45, 2.75) is 13.8 Å². The predicted octanol–water partition coefficient (Wildman–Crippen LogP) is 3.95. The first-order valence-corrected chi connectivity index (χ1v) is 12.0. The molecule has 190 valence electrons. The maximum absolute atomic E-state index is 13.4. The van der Waals surface area contributed by atoms with E-state index in [-0.39, 0.29) is 24.4 Å². The van der Waals surface area contributed by atoms with Crippen LogP contribution < -0.4 is 5.32 Å². The van der Waals surface area contributed by atoms with Crippen molar-refractivity contribution in [3.8, 4) is 11.8 Å². The van der Waals surface area contributed by atoms with Crippen LogP contribution in [0, 0.1) is 17.8 Å². The zero-order valence-electron chi connectivity index (χ0n) is 21.0. The van der Waals surface area contributed by atoms with Crippen LogP contribution in [-0.2, 0) is 19.1 Å². The monoisotopic (exact) mass is 506 g/mol. The maximum atomic E-state index is 13.4. The summed E-state index contributed by atoms with van der Waals surface area (Å²) in [4.78, 5) is 38.7. The van der Waals surface area contributed by atoms with Gasteiger partial charge in [0.15, 0.2) is 6.61 Å². The summed E-state index contributed by atoms with van der Waals surface area (Å²) in [6.07, 6.45) is 11.5. The lowest BCUT2D eigenvalue weighted by molar-refractivity contribution is -0.139. The van der Waals surface area contributed by atoms with E-state index in [1.165, 1.54) is 6.33 Å². The van der Waals surface area contributed by atoms with Gasteiger partial charge in [0.2, 0.25) is 0 Å². The number of esters is 2. The molecular weight excluding hydrogens is 480 g/mol. The van der Waals surface area contributed by atoms with Gasteiger partial charge in [-0.25, -0.2) is 19.6 Å². The molecule has 1 unspecified atom stereocenters. The number of allylic oxidation sites excluding steroid dienone is 2. The van der Waals surface area contributed by atoms with Gasteiger partial charge in [0.1, 0.15) is 6.33 Å². The van der Waals surface area contributed by atoms with Crippen LogP contribution in [0.15, 0.2) is 96.5 Å². The van der Waals surface area contributed by atoms with E-state index < -0.39 is 17.9 Å². The number of ether oxygens (including phenoxy) is 2. The largest absolute Gasteiger partial charge is 0.463 e. The number of nitrogens with one attached hydrogen (secondary N) is 1. The van der Waals surface area contributed by atoms with Crippen molar-refractivity contribution in [2.75, 3.05) is 13.2 Å². The third-order valence-corrected chi connectivity index (χ3v) is 5.62. The van der Waals surface area contributed by atoms with Crippen molar-refractivity contribution < 1.29 is 19.1 Å². The third kappa shape index (κ3) is 6.39. The number of dihydropyridines is 1. The summed E-state index contributed by atoms with van der Waals surface area (Å²) in [5.74, 6) is 3.78. The third-order valence-electron chi connectivity index (χ3n) is 5.62. The van der Waals surface area contributed by atoms with Gasteiger partial charge in [-0.1, -0.05) is 54.3 Å². The van der Waals surface area contributed by atoms with Crippen LogP contribution >= 0.6 is 0 Å². The van der Waals surface area contributed by atoms with E-state index >= 15 is 0 Å². The molecule has 2 aromatic heterocycles. The second-order valence-corrected chi connectivity index (χ2v) is 8.17. The number of carbonyl (C=O) groups is 2. The normalized spacial score (nSPS) is 14.9. The number of pyridine rings is 1. The highest BCUT2D eigenvalue weighted by molar-refractivity contribution is 6.04. The molecule has 0 fully saturated rings. The van der Waals surface area contributed by atoms with Crippen molar-refractivity contribution in [3.63, 3.8) is 0 Å². The molecular formula is C30H26N4O4. The first-order chi connectivity index (χ1) is 18.6. The van der Waals surface area contributed by atoms with Crippen LogP contribution in [0.25, 0.3) is 11.8 Å². The van der Waals surface area contributed by atoms with Crippen molar-refractivity contribution in [1.82, 2.24) is 20.3 Å². The zero-order valence-corrected chi connectivity index (χ0v) is 21.0. The van der Waals surface area contributed by atoms with E-state index in [9.17, 15) is 9.59 Å². The Kier molecular flexibility index (Phi) is 8.76. The fourth-order valence-electron chi connectivity index (χ4n) is 3.96. The van der Waals surface area contributed by atoms with Crippen molar-refractivity contribution in [1.29, 1.82) is 0 Å². The average Bonchev–Trinajstić information content (AvgIpc) is 2.95. The van der Waals surface area contributed by atoms with Gasteiger partial charge >= 0.3 is 11.9 Å². The van der Waals surface area contributed by atoms with Crippen LogP contribution in [0.3, 0.4) is 0 Å². The fraction of sp³-hybridized carbons (Fsp3) is 0.167. The maximum Gasteiger partial charge on any atom is 0.337 e. The minimum atomic E-state index is -0.742. The smallest absolute Gasteiger partial charge is 0.337 e. The quantitative estimate of drug-likeness (QED) is 0.380. The average molecular weight is 507 g/mol. The first kappa shape index (κ1) is 26.0. The van der Waals surface area contributed by atoms with Crippen LogP contribution in [0.5, 0.6) is 0 Å². The van der Waals surface area contributed by atoms with Gasteiger partial charge in [-0.05, 0) is 31.5 Å². The van der Waals surface area contributed by atoms with Crippen LogP contribution in [-0.4, -0.2) is 40.1 Å². The van der Waals surface area contributed by atoms with E-state index in [2.05, 4.69) is 32.1 Å². The van der Waals surface area contributed by atoms with E-state index in [1.807, 2.05) is 48.6 Å². The Morgan fingerprint density at radius 1 is 0.974 bits per heavy atom. The Morgan fingerprint density at radius 3 is 2.45 bits per heavy atom. The van der Waals surface area contributed by atoms with Crippen LogP contribution in [0.4, 0.5) is 0 Å². The van der Waals surface area contributed by atoms with Crippen LogP contribution in [0.2, 0.25) is 0 Å². The Bertz CT molecular complexity index is 1440. The Morgan fingerprint density at radius 2 is 1.74 bits per heavy atom. The summed E-state index contributed by atoms with van der Waals surface area (Å²) in [6, 6.07) is 13.2. The highest BCUT2D eigenvalue weighted by Crippen LogP contribution is 2.36. The predicted molar refractivity (Wildman–Crippen MR) is 142 cm³/mol. The van der Waals surface area contributed by atoms with Gasteiger partial charge in [0, 0.05) is 42.0 Å². The SMILES string of the molecule is CCOC(=O)C1=C(c2cccnc2)NC(C)=C(C(=O)OCC#Cc2cncnc2)C1/C=C/c1ccccc1. The summed E-state index contributed by atoms with van der Waals surface area (Å²) in [5, 5.41) is 3.23. The molecule has 0 saturated heterocycles. The Labute approximate surface area is 221 Å². The zero-order chi connectivity index (χ0) is 26.7. The molecule has 1 aliphatic rings. The Balaban J connectivity index is 1.72. The molecule has 0 spiro atoms. The van der Waals surface area contributed by atoms with E-state index in [0.717, 1.165) is 5.56 Å². The summed E-state index contributed by atoms with van der Waals surface area (Å²) in [6.45, 7) is 3.54. The molecule has 0 aliphatic carbocycles. The number of aromatic nitrogens is 3. The first-order valence-electron chi connectivity index (χ1n) is 12.0. The number of hydrogen-bond acceptors (Lipinski definition) is 8. The lowest BCUT2D eigenvalue weighted by Gasteiger charge is -2.29. The van der Waals surface area contributed by atoms with Crippen molar-refractivity contribution in [2.24, 2.45) is 5.92 Å². The minimum absolute atomic E-state index is 0.145. The molecule has 3 heterocycles.